The van der Waals surface area contributed by atoms with Crippen LogP contribution in [0.25, 0.3) is 0 Å². The van der Waals surface area contributed by atoms with Crippen molar-refractivity contribution in [1.82, 2.24) is 5.32 Å². The molecule has 92 valence electrons. The van der Waals surface area contributed by atoms with Crippen molar-refractivity contribution < 1.29 is 9.47 Å². The Morgan fingerprint density at radius 1 is 1.07 bits per heavy atom. The maximum atomic E-state index is 5.25. The monoisotopic (exact) mass is 235 g/mol. The highest BCUT2D eigenvalue weighted by atomic mass is 32.2. The summed E-state index contributed by atoms with van der Waals surface area (Å²) in [6.07, 6.45) is 2.27. The van der Waals surface area contributed by atoms with Crippen LogP contribution < -0.4 is 5.32 Å². The zero-order valence-corrected chi connectivity index (χ0v) is 10.9. The quantitative estimate of drug-likeness (QED) is 0.522. The molecule has 0 aromatic carbocycles. The van der Waals surface area contributed by atoms with Crippen molar-refractivity contribution >= 4 is 11.8 Å². The molecule has 0 saturated carbocycles. The van der Waals surface area contributed by atoms with Gasteiger partial charge in [0.25, 0.3) is 0 Å². The molecule has 0 amide bonds. The summed E-state index contributed by atoms with van der Waals surface area (Å²) in [7, 11) is 1.75. The molecule has 0 radical (unpaired) electrons. The second-order valence-corrected chi connectivity index (χ2v) is 4.48. The van der Waals surface area contributed by atoms with Gasteiger partial charge in [0.05, 0.1) is 0 Å². The van der Waals surface area contributed by atoms with Crippen LogP contribution in [0.4, 0.5) is 0 Å². The molecule has 3 nitrogen and oxygen atoms in total. The van der Waals surface area contributed by atoms with Gasteiger partial charge < -0.3 is 14.8 Å². The Labute approximate surface area is 98.3 Å². The third-order valence-corrected chi connectivity index (χ3v) is 2.98. The summed E-state index contributed by atoms with van der Waals surface area (Å²) in [6.45, 7) is 6.79. The van der Waals surface area contributed by atoms with Crippen molar-refractivity contribution in [3.63, 3.8) is 0 Å². The predicted molar refractivity (Wildman–Crippen MR) is 67.8 cm³/mol. The van der Waals surface area contributed by atoms with E-state index in [0.717, 1.165) is 45.8 Å². The first-order valence-corrected chi connectivity index (χ1v) is 6.92. The summed E-state index contributed by atoms with van der Waals surface area (Å²) < 4.78 is 10.2. The maximum Gasteiger partial charge on any atom is 0.0477 e. The molecule has 0 unspecified atom stereocenters. The van der Waals surface area contributed by atoms with Gasteiger partial charge in [-0.2, -0.15) is 11.8 Å². The molecule has 0 aromatic rings. The molecule has 0 rings (SSSR count). The Kier molecular flexibility index (Phi) is 14.4. The summed E-state index contributed by atoms with van der Waals surface area (Å²) in [4.78, 5) is 0. The van der Waals surface area contributed by atoms with Crippen molar-refractivity contribution in [2.24, 2.45) is 0 Å². The number of rotatable bonds is 12. The number of hydrogen-bond acceptors (Lipinski definition) is 4. The average molecular weight is 235 g/mol. The molecule has 0 fully saturated rings. The summed E-state index contributed by atoms with van der Waals surface area (Å²) in [6, 6.07) is 0. The van der Waals surface area contributed by atoms with Crippen molar-refractivity contribution in [2.75, 3.05) is 51.5 Å². The van der Waals surface area contributed by atoms with Gasteiger partial charge in [-0.15, -0.1) is 0 Å². The molecule has 0 aliphatic rings. The van der Waals surface area contributed by atoms with Crippen molar-refractivity contribution in [3.8, 4) is 0 Å². The molecule has 0 atom stereocenters. The molecule has 4 heteroatoms. The van der Waals surface area contributed by atoms with Crippen LogP contribution in [0.3, 0.4) is 0 Å². The summed E-state index contributed by atoms with van der Waals surface area (Å²) >= 11 is 1.99. The highest BCUT2D eigenvalue weighted by Gasteiger charge is 1.91. The number of methoxy groups -OCH3 is 1. The zero-order valence-electron chi connectivity index (χ0n) is 10.1. The summed E-state index contributed by atoms with van der Waals surface area (Å²) in [5, 5.41) is 3.40. The van der Waals surface area contributed by atoms with Crippen LogP contribution >= 0.6 is 11.8 Å². The fraction of sp³-hybridized carbons (Fsp3) is 1.00. The van der Waals surface area contributed by atoms with Crippen LogP contribution in [-0.2, 0) is 9.47 Å². The Bertz CT molecular complexity index is 103. The summed E-state index contributed by atoms with van der Waals surface area (Å²) in [5.41, 5.74) is 0. The minimum Gasteiger partial charge on any atom is -0.385 e. The van der Waals surface area contributed by atoms with Crippen molar-refractivity contribution in [3.05, 3.63) is 0 Å². The minimum absolute atomic E-state index is 0.829. The maximum absolute atomic E-state index is 5.25. The Hall–Kier alpha value is 0.230. The Morgan fingerprint density at radius 3 is 2.67 bits per heavy atom. The van der Waals surface area contributed by atoms with Gasteiger partial charge in [0.1, 0.15) is 0 Å². The first kappa shape index (κ1) is 15.2. The molecule has 1 N–H and O–H groups in total. The van der Waals surface area contributed by atoms with E-state index in [4.69, 9.17) is 9.47 Å². The molecule has 0 aromatic heterocycles. The van der Waals surface area contributed by atoms with Gasteiger partial charge in [0.2, 0.25) is 0 Å². The Balaban J connectivity index is 2.81. The molecule has 0 spiro atoms. The van der Waals surface area contributed by atoms with Crippen LogP contribution in [-0.4, -0.2) is 51.5 Å². The lowest BCUT2D eigenvalue weighted by Gasteiger charge is -2.04. The van der Waals surface area contributed by atoms with Crippen LogP contribution in [0.5, 0.6) is 0 Å². The molecule has 0 bridgehead atoms. The average Bonchev–Trinajstić information content (AvgIpc) is 2.26. The zero-order chi connectivity index (χ0) is 11.2. The SMILES string of the molecule is CCOCCCNCCSCCCOC. The van der Waals surface area contributed by atoms with E-state index in [2.05, 4.69) is 5.32 Å². The number of thioether (sulfide) groups is 1. The van der Waals surface area contributed by atoms with Gasteiger partial charge >= 0.3 is 0 Å². The molecule has 0 saturated heterocycles. The highest BCUT2D eigenvalue weighted by Crippen LogP contribution is 2.00. The van der Waals surface area contributed by atoms with E-state index in [0.29, 0.717) is 0 Å². The number of hydrogen-bond donors (Lipinski definition) is 1. The van der Waals surface area contributed by atoms with Gasteiger partial charge in [0, 0.05) is 39.2 Å². The number of ether oxygens (including phenoxy) is 2. The molecular formula is C11H25NO2S. The van der Waals surface area contributed by atoms with Gasteiger partial charge in [0.15, 0.2) is 0 Å². The predicted octanol–water partition coefficient (Wildman–Crippen LogP) is 1.77. The van der Waals surface area contributed by atoms with E-state index < -0.39 is 0 Å². The highest BCUT2D eigenvalue weighted by molar-refractivity contribution is 7.99. The van der Waals surface area contributed by atoms with Gasteiger partial charge in [-0.25, -0.2) is 0 Å². The van der Waals surface area contributed by atoms with Gasteiger partial charge in [-0.05, 0) is 32.1 Å². The first-order chi connectivity index (χ1) is 7.41. The van der Waals surface area contributed by atoms with Crippen LogP contribution in [0.1, 0.15) is 19.8 Å². The molecule has 0 heterocycles. The van der Waals surface area contributed by atoms with Crippen molar-refractivity contribution in [2.45, 2.75) is 19.8 Å². The third-order valence-electron chi connectivity index (χ3n) is 1.91. The largest absolute Gasteiger partial charge is 0.385 e. The lowest BCUT2D eigenvalue weighted by atomic mass is 10.4. The molecular weight excluding hydrogens is 210 g/mol. The van der Waals surface area contributed by atoms with Gasteiger partial charge in [-0.3, -0.25) is 0 Å². The Morgan fingerprint density at radius 2 is 1.93 bits per heavy atom. The van der Waals surface area contributed by atoms with Crippen LogP contribution in [0, 0.1) is 0 Å². The fourth-order valence-electron chi connectivity index (χ4n) is 1.12. The van der Waals surface area contributed by atoms with E-state index in [9.17, 15) is 0 Å². The van der Waals surface area contributed by atoms with Crippen LogP contribution in [0.15, 0.2) is 0 Å². The first-order valence-electron chi connectivity index (χ1n) is 5.77. The minimum atomic E-state index is 0.829. The number of nitrogens with one attached hydrogen (secondary N) is 1. The van der Waals surface area contributed by atoms with E-state index in [1.165, 1.54) is 11.5 Å². The van der Waals surface area contributed by atoms with E-state index >= 15 is 0 Å². The molecule has 15 heavy (non-hydrogen) atoms. The van der Waals surface area contributed by atoms with E-state index in [1.807, 2.05) is 18.7 Å². The normalized spacial score (nSPS) is 10.8. The third kappa shape index (κ3) is 14.2. The standard InChI is InChI=1S/C11H25NO2S/c1-3-14-9-4-6-12-7-11-15-10-5-8-13-2/h12H,3-11H2,1-2H3. The molecule has 0 aliphatic carbocycles. The van der Waals surface area contributed by atoms with E-state index in [1.54, 1.807) is 7.11 Å². The second kappa shape index (κ2) is 14.2. The smallest absolute Gasteiger partial charge is 0.0477 e. The fourth-order valence-corrected chi connectivity index (χ4v) is 1.94. The van der Waals surface area contributed by atoms with Gasteiger partial charge in [-0.1, -0.05) is 0 Å². The lowest BCUT2D eigenvalue weighted by Crippen LogP contribution is -2.19. The molecule has 0 aliphatic heterocycles. The van der Waals surface area contributed by atoms with Crippen molar-refractivity contribution in [1.29, 1.82) is 0 Å². The lowest BCUT2D eigenvalue weighted by molar-refractivity contribution is 0.145. The second-order valence-electron chi connectivity index (χ2n) is 3.26. The van der Waals surface area contributed by atoms with Crippen LogP contribution in [0.2, 0.25) is 0 Å². The topological polar surface area (TPSA) is 30.5 Å². The summed E-state index contributed by atoms with van der Waals surface area (Å²) in [5.74, 6) is 2.40. The van der Waals surface area contributed by atoms with E-state index in [-0.39, 0.29) is 0 Å².